The van der Waals surface area contributed by atoms with Gasteiger partial charge in [0.1, 0.15) is 22.9 Å². The Morgan fingerprint density at radius 1 is 1.03 bits per heavy atom. The van der Waals surface area contributed by atoms with E-state index in [2.05, 4.69) is 15.2 Å². The van der Waals surface area contributed by atoms with E-state index in [4.69, 9.17) is 18.6 Å². The highest BCUT2D eigenvalue weighted by atomic mass is 16.5. The van der Waals surface area contributed by atoms with E-state index in [1.165, 1.54) is 0 Å². The minimum atomic E-state index is -0.453. The zero-order chi connectivity index (χ0) is 25.5. The Labute approximate surface area is 212 Å². The second-order valence-corrected chi connectivity index (χ2v) is 8.82. The highest BCUT2D eigenvalue weighted by Gasteiger charge is 2.44. The maximum Gasteiger partial charge on any atom is 0.275 e. The molecule has 0 spiro atoms. The molecule has 1 amide bonds. The van der Waals surface area contributed by atoms with Gasteiger partial charge in [-0.25, -0.2) is 0 Å². The number of ether oxygens (including phenoxy) is 3. The molecule has 6 rings (SSSR count). The Bertz CT molecular complexity index is 1580. The molecule has 2 N–H and O–H groups in total. The van der Waals surface area contributed by atoms with Crippen LogP contribution in [0.1, 0.15) is 33.2 Å². The minimum absolute atomic E-state index is 0.156. The molecule has 5 aromatic rings. The number of amides is 1. The minimum Gasteiger partial charge on any atom is -0.497 e. The topological polar surface area (TPSA) is 106 Å². The van der Waals surface area contributed by atoms with Gasteiger partial charge in [0.05, 0.1) is 33.6 Å². The summed E-state index contributed by atoms with van der Waals surface area (Å²) in [6, 6.07) is 14.7. The fourth-order valence-electron chi connectivity index (χ4n) is 5.14. The molecule has 3 aromatic heterocycles. The summed E-state index contributed by atoms with van der Waals surface area (Å²) in [5.74, 6) is 2.56. The first kappa shape index (κ1) is 22.8. The van der Waals surface area contributed by atoms with Gasteiger partial charge in [0.25, 0.3) is 5.91 Å². The summed E-state index contributed by atoms with van der Waals surface area (Å²) in [5.41, 5.74) is 4.72. The standard InChI is InChI=1S/C28H26N4O5/c1-34-17-6-8-21-19(13-17)16(15-29-21)10-11-32-27(20-14-18(35-2)7-9-22(20)36-3)24-25(23-5-4-12-37-23)30-31-26(24)28(32)33/h4-9,12-15,27,29H,10-11H2,1-3H3,(H,30,31)/t27-/m0/s1. The van der Waals surface area contributed by atoms with Crippen LogP contribution in [0.4, 0.5) is 0 Å². The van der Waals surface area contributed by atoms with Crippen molar-refractivity contribution in [3.63, 3.8) is 0 Å². The van der Waals surface area contributed by atoms with Crippen LogP contribution in [0.5, 0.6) is 17.2 Å². The predicted molar refractivity (Wildman–Crippen MR) is 137 cm³/mol. The third-order valence-electron chi connectivity index (χ3n) is 6.95. The van der Waals surface area contributed by atoms with Crippen molar-refractivity contribution >= 4 is 16.8 Å². The highest BCUT2D eigenvalue weighted by Crippen LogP contribution is 2.46. The van der Waals surface area contributed by atoms with E-state index in [1.807, 2.05) is 59.6 Å². The fourth-order valence-corrected chi connectivity index (χ4v) is 5.14. The normalized spacial score (nSPS) is 14.8. The first-order chi connectivity index (χ1) is 18.1. The molecule has 0 saturated carbocycles. The van der Waals surface area contributed by atoms with Crippen LogP contribution in [-0.2, 0) is 6.42 Å². The Kier molecular flexibility index (Phi) is 5.60. The Morgan fingerprint density at radius 3 is 2.59 bits per heavy atom. The number of nitrogens with one attached hydrogen (secondary N) is 2. The van der Waals surface area contributed by atoms with Gasteiger partial charge in [-0.05, 0) is 60.5 Å². The zero-order valence-electron chi connectivity index (χ0n) is 20.7. The smallest absolute Gasteiger partial charge is 0.275 e. The summed E-state index contributed by atoms with van der Waals surface area (Å²) in [6.45, 7) is 0.460. The second kappa shape index (κ2) is 9.09. The number of nitrogens with zero attached hydrogens (tertiary/aromatic N) is 2. The molecule has 188 valence electrons. The number of furan rings is 1. The lowest BCUT2D eigenvalue weighted by atomic mass is 9.96. The van der Waals surface area contributed by atoms with Crippen molar-refractivity contribution in [3.05, 3.63) is 83.4 Å². The Hall–Kier alpha value is -4.66. The van der Waals surface area contributed by atoms with E-state index in [1.54, 1.807) is 27.6 Å². The summed E-state index contributed by atoms with van der Waals surface area (Å²) in [7, 11) is 4.89. The van der Waals surface area contributed by atoms with Crippen LogP contribution < -0.4 is 14.2 Å². The van der Waals surface area contributed by atoms with Crippen LogP contribution in [0.2, 0.25) is 0 Å². The van der Waals surface area contributed by atoms with E-state index >= 15 is 0 Å². The number of aromatic amines is 2. The molecule has 0 aliphatic carbocycles. The average Bonchev–Trinajstić information content (AvgIpc) is 3.72. The van der Waals surface area contributed by atoms with Crippen LogP contribution >= 0.6 is 0 Å². The van der Waals surface area contributed by atoms with Gasteiger partial charge in [-0.3, -0.25) is 9.89 Å². The van der Waals surface area contributed by atoms with Gasteiger partial charge in [-0.1, -0.05) is 0 Å². The molecule has 9 heteroatoms. The number of rotatable bonds is 8. The quantitative estimate of drug-likeness (QED) is 0.313. The molecule has 1 atom stereocenters. The molecule has 4 heterocycles. The summed E-state index contributed by atoms with van der Waals surface area (Å²) in [6.07, 6.45) is 4.22. The lowest BCUT2D eigenvalue weighted by molar-refractivity contribution is 0.0744. The Morgan fingerprint density at radius 2 is 1.84 bits per heavy atom. The number of fused-ring (bicyclic) bond motifs is 2. The maximum absolute atomic E-state index is 13.8. The van der Waals surface area contributed by atoms with E-state index in [0.717, 1.165) is 33.3 Å². The number of carbonyl (C=O) groups excluding carboxylic acids is 1. The third kappa shape index (κ3) is 3.70. The molecule has 0 bridgehead atoms. The number of methoxy groups -OCH3 is 3. The number of aromatic nitrogens is 3. The van der Waals surface area contributed by atoms with E-state index in [-0.39, 0.29) is 5.91 Å². The summed E-state index contributed by atoms with van der Waals surface area (Å²) in [4.78, 5) is 18.9. The van der Waals surface area contributed by atoms with Gasteiger partial charge >= 0.3 is 0 Å². The van der Waals surface area contributed by atoms with Crippen molar-refractivity contribution < 1.29 is 23.4 Å². The molecule has 0 unspecified atom stereocenters. The van der Waals surface area contributed by atoms with Crippen LogP contribution in [-0.4, -0.2) is 53.9 Å². The van der Waals surface area contributed by atoms with Gasteiger partial charge < -0.3 is 28.5 Å². The largest absolute Gasteiger partial charge is 0.497 e. The van der Waals surface area contributed by atoms with E-state index in [0.29, 0.717) is 41.6 Å². The van der Waals surface area contributed by atoms with Crippen molar-refractivity contribution in [1.82, 2.24) is 20.1 Å². The van der Waals surface area contributed by atoms with Gasteiger partial charge in [-0.15, -0.1) is 0 Å². The number of hydrogen-bond donors (Lipinski definition) is 2. The number of carbonyl (C=O) groups is 1. The lowest BCUT2D eigenvalue weighted by Gasteiger charge is -2.27. The monoisotopic (exact) mass is 498 g/mol. The SMILES string of the molecule is COc1ccc(OC)c([C@H]2c3c(n[nH]c3-c3ccco3)C(=O)N2CCc2c[nH]c3ccc(OC)cc23)c1. The van der Waals surface area contributed by atoms with Gasteiger partial charge in [0.2, 0.25) is 0 Å². The first-order valence-electron chi connectivity index (χ1n) is 11.9. The molecule has 0 fully saturated rings. The second-order valence-electron chi connectivity index (χ2n) is 8.82. The number of hydrogen-bond acceptors (Lipinski definition) is 6. The van der Waals surface area contributed by atoms with Crippen molar-refractivity contribution in [2.75, 3.05) is 27.9 Å². The highest BCUT2D eigenvalue weighted by molar-refractivity contribution is 6.00. The summed E-state index contributed by atoms with van der Waals surface area (Å²) >= 11 is 0. The summed E-state index contributed by atoms with van der Waals surface area (Å²) < 4.78 is 22.3. The van der Waals surface area contributed by atoms with Crippen molar-refractivity contribution in [3.8, 4) is 28.7 Å². The van der Waals surface area contributed by atoms with Crippen molar-refractivity contribution in [2.24, 2.45) is 0 Å². The molecular formula is C28H26N4O5. The van der Waals surface area contributed by atoms with Crippen LogP contribution in [0, 0.1) is 0 Å². The van der Waals surface area contributed by atoms with Crippen molar-refractivity contribution in [1.29, 1.82) is 0 Å². The molecule has 0 radical (unpaired) electrons. The zero-order valence-corrected chi connectivity index (χ0v) is 20.7. The first-order valence-corrected chi connectivity index (χ1v) is 11.9. The third-order valence-corrected chi connectivity index (χ3v) is 6.95. The van der Waals surface area contributed by atoms with Gasteiger partial charge in [-0.2, -0.15) is 5.10 Å². The van der Waals surface area contributed by atoms with E-state index in [9.17, 15) is 4.79 Å². The predicted octanol–water partition coefficient (Wildman–Crippen LogP) is 4.96. The van der Waals surface area contributed by atoms with Crippen LogP contribution in [0.3, 0.4) is 0 Å². The molecule has 0 saturated heterocycles. The molecule has 2 aromatic carbocycles. The number of benzene rings is 2. The van der Waals surface area contributed by atoms with E-state index < -0.39 is 6.04 Å². The maximum atomic E-state index is 13.8. The van der Waals surface area contributed by atoms with Crippen LogP contribution in [0.25, 0.3) is 22.4 Å². The van der Waals surface area contributed by atoms with Gasteiger partial charge in [0.15, 0.2) is 11.5 Å². The fraction of sp³-hybridized carbons (Fsp3) is 0.214. The molecule has 1 aliphatic rings. The van der Waals surface area contributed by atoms with Crippen molar-refractivity contribution in [2.45, 2.75) is 12.5 Å². The lowest BCUT2D eigenvalue weighted by Crippen LogP contribution is -2.31. The molecule has 9 nitrogen and oxygen atoms in total. The number of H-pyrrole nitrogens is 2. The Balaban J connectivity index is 1.44. The molecular weight excluding hydrogens is 472 g/mol. The average molecular weight is 499 g/mol. The summed E-state index contributed by atoms with van der Waals surface area (Å²) in [5, 5.41) is 8.49. The van der Waals surface area contributed by atoms with Gasteiger partial charge in [0, 0.05) is 34.8 Å². The molecule has 1 aliphatic heterocycles. The molecule has 37 heavy (non-hydrogen) atoms. The van der Waals surface area contributed by atoms with Crippen LogP contribution in [0.15, 0.2) is 65.4 Å².